The Balaban J connectivity index is 2.34. The molecule has 0 aliphatic heterocycles. The first-order valence-electron chi connectivity index (χ1n) is 8.70. The molecule has 138 valence electrons. The van der Waals surface area contributed by atoms with Crippen molar-refractivity contribution in [3.8, 4) is 5.75 Å². The number of aromatic amines is 1. The van der Waals surface area contributed by atoms with Gasteiger partial charge in [-0.25, -0.2) is 4.98 Å². The van der Waals surface area contributed by atoms with E-state index < -0.39 is 0 Å². The van der Waals surface area contributed by atoms with Gasteiger partial charge in [0.25, 0.3) is 5.56 Å². The summed E-state index contributed by atoms with van der Waals surface area (Å²) < 4.78 is 5.96. The summed E-state index contributed by atoms with van der Waals surface area (Å²) in [6, 6.07) is 7.71. The van der Waals surface area contributed by atoms with Crippen LogP contribution in [-0.4, -0.2) is 9.97 Å². The second-order valence-electron chi connectivity index (χ2n) is 5.66. The standard InChI is InChI=1S/C23H24N2O2/c1-5-11-17(12-6-2)18-14-9-10-15-21(18)27-16-22-24-20(8-4)19(13-7-3)23(26)25-22/h5-15H,1,4,16H2,2-3H3,(H,24,25,26)/b12-6-,13-7-,17-11+. The fraction of sp³-hybridized carbons (Fsp3) is 0.130. The first-order chi connectivity index (χ1) is 13.1. The molecule has 1 aromatic carbocycles. The average molecular weight is 360 g/mol. The summed E-state index contributed by atoms with van der Waals surface area (Å²) in [6.45, 7) is 11.4. The lowest BCUT2D eigenvalue weighted by Gasteiger charge is -2.12. The Hall–Kier alpha value is -3.40. The number of nitrogens with one attached hydrogen (secondary N) is 1. The molecule has 0 amide bonds. The van der Waals surface area contributed by atoms with Crippen LogP contribution in [0.4, 0.5) is 0 Å². The predicted octanol–water partition coefficient (Wildman–Crippen LogP) is 5.17. The zero-order valence-corrected chi connectivity index (χ0v) is 15.7. The highest BCUT2D eigenvalue weighted by atomic mass is 16.5. The molecular weight excluding hydrogens is 336 g/mol. The average Bonchev–Trinajstić information content (AvgIpc) is 2.68. The van der Waals surface area contributed by atoms with Crippen LogP contribution in [0.15, 0.2) is 72.6 Å². The van der Waals surface area contributed by atoms with Crippen molar-refractivity contribution >= 4 is 17.7 Å². The van der Waals surface area contributed by atoms with Crippen molar-refractivity contribution in [3.63, 3.8) is 0 Å². The largest absolute Gasteiger partial charge is 0.485 e. The highest BCUT2D eigenvalue weighted by molar-refractivity contribution is 5.78. The van der Waals surface area contributed by atoms with Crippen LogP contribution in [0.25, 0.3) is 17.7 Å². The van der Waals surface area contributed by atoms with Gasteiger partial charge in [-0.1, -0.05) is 67.8 Å². The molecule has 0 saturated heterocycles. The SMILES string of the molecule is C=C/C=C(\C=C/C)c1ccccc1OCc1nc(C=C)c(/C=C\C)c(=O)[nH]1. The summed E-state index contributed by atoms with van der Waals surface area (Å²) in [7, 11) is 0. The lowest BCUT2D eigenvalue weighted by molar-refractivity contribution is 0.294. The monoisotopic (exact) mass is 360 g/mol. The van der Waals surface area contributed by atoms with Gasteiger partial charge in [-0.15, -0.1) is 0 Å². The van der Waals surface area contributed by atoms with Crippen molar-refractivity contribution in [1.29, 1.82) is 0 Å². The lowest BCUT2D eigenvalue weighted by Crippen LogP contribution is -2.18. The van der Waals surface area contributed by atoms with Gasteiger partial charge >= 0.3 is 0 Å². The Bertz CT molecular complexity index is 963. The van der Waals surface area contributed by atoms with Crippen LogP contribution in [0.5, 0.6) is 5.75 Å². The maximum Gasteiger partial charge on any atom is 0.258 e. The number of allylic oxidation sites excluding steroid dienone is 6. The summed E-state index contributed by atoms with van der Waals surface area (Å²) in [4.78, 5) is 19.5. The minimum absolute atomic E-state index is 0.139. The molecule has 0 aliphatic rings. The molecule has 4 heteroatoms. The topological polar surface area (TPSA) is 55.0 Å². The maximum absolute atomic E-state index is 12.3. The van der Waals surface area contributed by atoms with Crippen LogP contribution in [-0.2, 0) is 6.61 Å². The molecule has 0 unspecified atom stereocenters. The van der Waals surface area contributed by atoms with Crippen molar-refractivity contribution in [2.75, 3.05) is 0 Å². The summed E-state index contributed by atoms with van der Waals surface area (Å²) >= 11 is 0. The Morgan fingerprint density at radius 2 is 2.00 bits per heavy atom. The highest BCUT2D eigenvalue weighted by Crippen LogP contribution is 2.27. The Morgan fingerprint density at radius 1 is 1.22 bits per heavy atom. The fourth-order valence-corrected chi connectivity index (χ4v) is 2.62. The molecule has 2 aromatic rings. The van der Waals surface area contributed by atoms with Crippen molar-refractivity contribution in [3.05, 3.63) is 101 Å². The van der Waals surface area contributed by atoms with Crippen molar-refractivity contribution in [1.82, 2.24) is 9.97 Å². The molecule has 0 saturated carbocycles. The van der Waals surface area contributed by atoms with Gasteiger partial charge in [-0.3, -0.25) is 4.79 Å². The van der Waals surface area contributed by atoms with Crippen molar-refractivity contribution in [2.24, 2.45) is 0 Å². The van der Waals surface area contributed by atoms with Crippen LogP contribution in [0.2, 0.25) is 0 Å². The number of para-hydroxylation sites is 1. The normalized spacial score (nSPS) is 11.9. The molecule has 0 fully saturated rings. The van der Waals surface area contributed by atoms with Crippen LogP contribution in [0.3, 0.4) is 0 Å². The van der Waals surface area contributed by atoms with E-state index in [9.17, 15) is 4.79 Å². The molecule has 0 radical (unpaired) electrons. The van der Waals surface area contributed by atoms with E-state index in [1.54, 1.807) is 24.3 Å². The molecule has 0 atom stereocenters. The fourth-order valence-electron chi connectivity index (χ4n) is 2.62. The van der Waals surface area contributed by atoms with E-state index in [0.29, 0.717) is 22.8 Å². The molecule has 0 bridgehead atoms. The van der Waals surface area contributed by atoms with Crippen LogP contribution < -0.4 is 10.3 Å². The maximum atomic E-state index is 12.3. The number of rotatable bonds is 8. The van der Waals surface area contributed by atoms with Crippen LogP contribution >= 0.6 is 0 Å². The van der Waals surface area contributed by atoms with Gasteiger partial charge in [0.1, 0.15) is 18.2 Å². The first-order valence-corrected chi connectivity index (χ1v) is 8.70. The first kappa shape index (κ1) is 19.9. The molecule has 0 spiro atoms. The van der Waals surface area contributed by atoms with Crippen molar-refractivity contribution < 1.29 is 4.74 Å². The van der Waals surface area contributed by atoms with Gasteiger partial charge in [-0.2, -0.15) is 0 Å². The van der Waals surface area contributed by atoms with Gasteiger partial charge in [0, 0.05) is 5.56 Å². The zero-order valence-electron chi connectivity index (χ0n) is 15.7. The smallest absolute Gasteiger partial charge is 0.258 e. The minimum atomic E-state index is -0.217. The Labute approximate surface area is 159 Å². The van der Waals surface area contributed by atoms with E-state index in [1.807, 2.05) is 56.3 Å². The summed E-state index contributed by atoms with van der Waals surface area (Å²) in [5.41, 5.74) is 2.73. The molecule has 2 rings (SSSR count). The molecule has 1 heterocycles. The molecule has 27 heavy (non-hydrogen) atoms. The van der Waals surface area contributed by atoms with Gasteiger partial charge in [0.15, 0.2) is 0 Å². The highest BCUT2D eigenvalue weighted by Gasteiger charge is 2.10. The molecule has 1 aromatic heterocycles. The third-order valence-electron chi connectivity index (χ3n) is 3.77. The van der Waals surface area contributed by atoms with E-state index in [0.717, 1.165) is 11.1 Å². The quantitative estimate of drug-likeness (QED) is 0.661. The Morgan fingerprint density at radius 3 is 2.67 bits per heavy atom. The molecule has 1 N–H and O–H groups in total. The number of nitrogens with zero attached hydrogens (tertiary/aromatic N) is 1. The number of hydrogen-bond acceptors (Lipinski definition) is 3. The van der Waals surface area contributed by atoms with E-state index in [1.165, 1.54) is 0 Å². The molecular formula is C23H24N2O2. The zero-order chi connectivity index (χ0) is 19.6. The third-order valence-corrected chi connectivity index (χ3v) is 3.77. The van der Waals surface area contributed by atoms with E-state index >= 15 is 0 Å². The second-order valence-corrected chi connectivity index (χ2v) is 5.66. The Kier molecular flexibility index (Phi) is 7.32. The predicted molar refractivity (Wildman–Crippen MR) is 113 cm³/mol. The van der Waals surface area contributed by atoms with Gasteiger partial charge in [-0.05, 0) is 31.6 Å². The van der Waals surface area contributed by atoms with Crippen molar-refractivity contribution in [2.45, 2.75) is 20.5 Å². The number of benzene rings is 1. The summed E-state index contributed by atoms with van der Waals surface area (Å²) in [6.07, 6.45) is 12.7. The van der Waals surface area contributed by atoms with Gasteiger partial charge in [0.2, 0.25) is 0 Å². The van der Waals surface area contributed by atoms with E-state index in [2.05, 4.69) is 23.1 Å². The number of ether oxygens (including phenoxy) is 1. The summed E-state index contributed by atoms with van der Waals surface area (Å²) in [5.74, 6) is 1.14. The number of aromatic nitrogens is 2. The molecule has 0 aliphatic carbocycles. The van der Waals surface area contributed by atoms with Gasteiger partial charge < -0.3 is 9.72 Å². The van der Waals surface area contributed by atoms with Crippen LogP contribution in [0.1, 0.15) is 36.5 Å². The number of H-pyrrole nitrogens is 1. The second kappa shape index (κ2) is 9.92. The van der Waals surface area contributed by atoms with E-state index in [-0.39, 0.29) is 12.2 Å². The minimum Gasteiger partial charge on any atom is -0.485 e. The number of hydrogen-bond donors (Lipinski definition) is 1. The lowest BCUT2D eigenvalue weighted by atomic mass is 10.0. The molecule has 4 nitrogen and oxygen atoms in total. The summed E-state index contributed by atoms with van der Waals surface area (Å²) in [5, 5.41) is 0. The third kappa shape index (κ3) is 5.05. The van der Waals surface area contributed by atoms with Gasteiger partial charge in [0.05, 0.1) is 11.3 Å². The van der Waals surface area contributed by atoms with Crippen LogP contribution in [0, 0.1) is 0 Å². The van der Waals surface area contributed by atoms with E-state index in [4.69, 9.17) is 4.74 Å².